The van der Waals surface area contributed by atoms with E-state index in [-0.39, 0.29) is 0 Å². The van der Waals surface area contributed by atoms with E-state index < -0.39 is 6.10 Å². The summed E-state index contributed by atoms with van der Waals surface area (Å²) in [5.74, 6) is 1.36. The lowest BCUT2D eigenvalue weighted by molar-refractivity contribution is 0.0304. The van der Waals surface area contributed by atoms with E-state index in [9.17, 15) is 5.11 Å². The number of nitrogens with one attached hydrogen (secondary N) is 1. The fourth-order valence-corrected chi connectivity index (χ4v) is 2.15. The van der Waals surface area contributed by atoms with Crippen LogP contribution < -0.4 is 5.32 Å². The van der Waals surface area contributed by atoms with Gasteiger partial charge in [0.1, 0.15) is 0 Å². The minimum absolute atomic E-state index is 0.390. The third-order valence-corrected chi connectivity index (χ3v) is 3.71. The summed E-state index contributed by atoms with van der Waals surface area (Å²) in [6.07, 6.45) is 3.33. The van der Waals surface area contributed by atoms with Crippen molar-refractivity contribution in [3.05, 3.63) is 0 Å². The first-order chi connectivity index (χ1) is 8.25. The van der Waals surface area contributed by atoms with Crippen LogP contribution in [0, 0.1) is 11.8 Å². The second kappa shape index (κ2) is 6.69. The third kappa shape index (κ3) is 4.92. The van der Waals surface area contributed by atoms with Gasteiger partial charge in [-0.05, 0) is 38.0 Å². The summed E-state index contributed by atoms with van der Waals surface area (Å²) in [6.45, 7) is 5.78. The fraction of sp³-hybridized carbons (Fsp3) is 1.00. The van der Waals surface area contributed by atoms with Crippen molar-refractivity contribution in [2.24, 2.45) is 11.8 Å². The first-order valence-electron chi connectivity index (χ1n) is 6.82. The maximum Gasteiger partial charge on any atom is 0.0897 e. The van der Waals surface area contributed by atoms with Crippen molar-refractivity contribution in [2.75, 3.05) is 33.0 Å². The molecule has 0 bridgehead atoms. The lowest BCUT2D eigenvalue weighted by Crippen LogP contribution is -2.40. The molecule has 1 heterocycles. The number of hydrogen-bond donors (Lipinski definition) is 2. The number of ether oxygens (including phenoxy) is 2. The van der Waals surface area contributed by atoms with Gasteiger partial charge in [0, 0.05) is 25.8 Å². The standard InChI is InChI=1S/C13H25NO3/c1-10(12-4-5-16-8-12)14-6-13(15)9-17-7-11-2-3-11/h10-15H,2-9H2,1H3. The summed E-state index contributed by atoms with van der Waals surface area (Å²) < 4.78 is 10.8. The smallest absolute Gasteiger partial charge is 0.0897 e. The molecule has 0 radical (unpaired) electrons. The second-order valence-electron chi connectivity index (χ2n) is 5.46. The van der Waals surface area contributed by atoms with E-state index in [0.29, 0.717) is 25.1 Å². The Hall–Kier alpha value is -0.160. The first-order valence-corrected chi connectivity index (χ1v) is 6.82. The molecule has 1 aliphatic heterocycles. The molecular formula is C13H25NO3. The average Bonchev–Trinajstić information content (AvgIpc) is 2.97. The van der Waals surface area contributed by atoms with E-state index in [4.69, 9.17) is 9.47 Å². The van der Waals surface area contributed by atoms with Gasteiger partial charge in [0.15, 0.2) is 0 Å². The zero-order chi connectivity index (χ0) is 12.1. The van der Waals surface area contributed by atoms with Crippen molar-refractivity contribution in [1.29, 1.82) is 0 Å². The van der Waals surface area contributed by atoms with Gasteiger partial charge in [-0.3, -0.25) is 0 Å². The van der Waals surface area contributed by atoms with Gasteiger partial charge in [-0.1, -0.05) is 0 Å². The van der Waals surface area contributed by atoms with Gasteiger partial charge in [0.2, 0.25) is 0 Å². The van der Waals surface area contributed by atoms with Crippen molar-refractivity contribution in [3.63, 3.8) is 0 Å². The van der Waals surface area contributed by atoms with Crippen LogP contribution in [0.3, 0.4) is 0 Å². The molecule has 0 spiro atoms. The molecule has 2 fully saturated rings. The lowest BCUT2D eigenvalue weighted by Gasteiger charge is -2.21. The molecule has 1 saturated heterocycles. The van der Waals surface area contributed by atoms with Gasteiger partial charge in [0.05, 0.1) is 19.3 Å². The minimum atomic E-state index is -0.390. The van der Waals surface area contributed by atoms with Gasteiger partial charge in [-0.15, -0.1) is 0 Å². The molecule has 0 aromatic heterocycles. The predicted octanol–water partition coefficient (Wildman–Crippen LogP) is 0.788. The molecule has 4 nitrogen and oxygen atoms in total. The van der Waals surface area contributed by atoms with Crippen LogP contribution in [0.25, 0.3) is 0 Å². The highest BCUT2D eigenvalue weighted by atomic mass is 16.5. The van der Waals surface area contributed by atoms with E-state index in [1.807, 2.05) is 0 Å². The zero-order valence-corrected chi connectivity index (χ0v) is 10.7. The van der Waals surface area contributed by atoms with Crippen LogP contribution in [0.1, 0.15) is 26.2 Å². The van der Waals surface area contributed by atoms with Crippen molar-refractivity contribution >= 4 is 0 Å². The van der Waals surface area contributed by atoms with Gasteiger partial charge in [-0.2, -0.15) is 0 Å². The van der Waals surface area contributed by atoms with Crippen LogP contribution in [0.2, 0.25) is 0 Å². The predicted molar refractivity (Wildman–Crippen MR) is 65.9 cm³/mol. The topological polar surface area (TPSA) is 50.7 Å². The third-order valence-electron chi connectivity index (χ3n) is 3.71. The molecule has 4 heteroatoms. The van der Waals surface area contributed by atoms with Crippen LogP contribution in [-0.4, -0.2) is 50.2 Å². The average molecular weight is 243 g/mol. The van der Waals surface area contributed by atoms with Crippen LogP contribution >= 0.6 is 0 Å². The molecular weight excluding hydrogens is 218 g/mol. The van der Waals surface area contributed by atoms with Gasteiger partial charge in [-0.25, -0.2) is 0 Å². The zero-order valence-electron chi connectivity index (χ0n) is 10.7. The van der Waals surface area contributed by atoms with E-state index in [1.165, 1.54) is 12.8 Å². The Kier molecular flexibility index (Phi) is 5.22. The molecule has 2 rings (SSSR count). The normalized spacial score (nSPS) is 28.2. The SMILES string of the molecule is CC(NCC(O)COCC1CC1)C1CCOC1. The molecule has 3 atom stereocenters. The molecule has 0 amide bonds. The summed E-state index contributed by atoms with van der Waals surface area (Å²) in [5, 5.41) is 13.1. The molecule has 0 aromatic carbocycles. The Balaban J connectivity index is 1.50. The highest BCUT2D eigenvalue weighted by molar-refractivity contribution is 4.77. The molecule has 2 N–H and O–H groups in total. The number of aliphatic hydroxyl groups excluding tert-OH is 1. The molecule has 0 aromatic rings. The Labute approximate surface area is 104 Å². The van der Waals surface area contributed by atoms with Crippen molar-refractivity contribution in [1.82, 2.24) is 5.32 Å². The minimum Gasteiger partial charge on any atom is -0.389 e. The van der Waals surface area contributed by atoms with Crippen molar-refractivity contribution in [2.45, 2.75) is 38.3 Å². The first kappa shape index (κ1) is 13.3. The highest BCUT2D eigenvalue weighted by Gasteiger charge is 2.23. The summed E-state index contributed by atoms with van der Waals surface area (Å²) in [4.78, 5) is 0. The molecule has 3 unspecified atom stereocenters. The Bertz CT molecular complexity index is 215. The quantitative estimate of drug-likeness (QED) is 0.662. The molecule has 100 valence electrons. The summed E-state index contributed by atoms with van der Waals surface area (Å²) in [6, 6.07) is 0.413. The van der Waals surface area contributed by atoms with Crippen molar-refractivity contribution in [3.8, 4) is 0 Å². The fourth-order valence-electron chi connectivity index (χ4n) is 2.15. The number of rotatable bonds is 8. The molecule has 1 aliphatic carbocycles. The van der Waals surface area contributed by atoms with E-state index in [1.54, 1.807) is 0 Å². The Morgan fingerprint density at radius 2 is 2.24 bits per heavy atom. The maximum atomic E-state index is 9.76. The van der Waals surface area contributed by atoms with Crippen LogP contribution in [-0.2, 0) is 9.47 Å². The molecule has 2 aliphatic rings. The Morgan fingerprint density at radius 1 is 1.41 bits per heavy atom. The maximum absolute atomic E-state index is 9.76. The Morgan fingerprint density at radius 3 is 2.88 bits per heavy atom. The van der Waals surface area contributed by atoms with Gasteiger partial charge in [0.25, 0.3) is 0 Å². The second-order valence-corrected chi connectivity index (χ2v) is 5.46. The largest absolute Gasteiger partial charge is 0.389 e. The van der Waals surface area contributed by atoms with Crippen LogP contribution in [0.4, 0.5) is 0 Å². The van der Waals surface area contributed by atoms with Crippen LogP contribution in [0.5, 0.6) is 0 Å². The van der Waals surface area contributed by atoms with Gasteiger partial charge < -0.3 is 19.9 Å². The molecule has 1 saturated carbocycles. The van der Waals surface area contributed by atoms with E-state index in [2.05, 4.69) is 12.2 Å². The summed E-state index contributed by atoms with van der Waals surface area (Å²) in [7, 11) is 0. The number of aliphatic hydroxyl groups is 1. The highest BCUT2D eigenvalue weighted by Crippen LogP contribution is 2.28. The van der Waals surface area contributed by atoms with E-state index in [0.717, 1.165) is 32.2 Å². The lowest BCUT2D eigenvalue weighted by atomic mass is 10.0. The molecule has 17 heavy (non-hydrogen) atoms. The summed E-state index contributed by atoms with van der Waals surface area (Å²) >= 11 is 0. The number of hydrogen-bond acceptors (Lipinski definition) is 4. The summed E-state index contributed by atoms with van der Waals surface area (Å²) in [5.41, 5.74) is 0. The van der Waals surface area contributed by atoms with E-state index >= 15 is 0 Å². The van der Waals surface area contributed by atoms with Crippen LogP contribution in [0.15, 0.2) is 0 Å². The monoisotopic (exact) mass is 243 g/mol. The van der Waals surface area contributed by atoms with Crippen molar-refractivity contribution < 1.29 is 14.6 Å². The van der Waals surface area contributed by atoms with Gasteiger partial charge >= 0.3 is 0 Å².